The van der Waals surface area contributed by atoms with Crippen molar-refractivity contribution in [1.82, 2.24) is 15.1 Å². The molecule has 0 saturated heterocycles. The number of carbonyl (C=O) groups excluding carboxylic acids is 1. The average Bonchev–Trinajstić information content (AvgIpc) is 2.69. The predicted molar refractivity (Wildman–Crippen MR) is 87.6 cm³/mol. The first kappa shape index (κ1) is 17.2. The Balaban J connectivity index is 0.00000220. The lowest BCUT2D eigenvalue weighted by Gasteiger charge is -2.07. The molecule has 114 valence electrons. The summed E-state index contributed by atoms with van der Waals surface area (Å²) in [6.45, 7) is 6.36. The molecule has 1 aromatic heterocycles. The summed E-state index contributed by atoms with van der Waals surface area (Å²) in [6, 6.07) is 8.14. The first-order valence-corrected chi connectivity index (χ1v) is 6.59. The van der Waals surface area contributed by atoms with Gasteiger partial charge >= 0.3 is 0 Å². The number of nitrogens with one attached hydrogen (secondary N) is 2. The number of aryl methyl sites for hydroxylation is 3. The zero-order chi connectivity index (χ0) is 14.7. The van der Waals surface area contributed by atoms with Gasteiger partial charge in [0.2, 0.25) is 5.91 Å². The Bertz CT molecular complexity index is 616. The van der Waals surface area contributed by atoms with Gasteiger partial charge in [0.05, 0.1) is 12.2 Å². The molecule has 0 aliphatic rings. The quantitative estimate of drug-likeness (QED) is 0.911. The highest BCUT2D eigenvalue weighted by Gasteiger charge is 2.09. The molecule has 0 fully saturated rings. The molecule has 0 atom stereocenters. The van der Waals surface area contributed by atoms with Gasteiger partial charge in [0.1, 0.15) is 0 Å². The molecule has 1 heterocycles. The van der Waals surface area contributed by atoms with Crippen molar-refractivity contribution in [3.05, 3.63) is 41.1 Å². The van der Waals surface area contributed by atoms with Crippen molar-refractivity contribution in [3.63, 3.8) is 0 Å². The van der Waals surface area contributed by atoms with Gasteiger partial charge < -0.3 is 10.6 Å². The molecule has 2 aromatic rings. The van der Waals surface area contributed by atoms with E-state index in [0.717, 1.165) is 11.4 Å². The number of hydrogen-bond donors (Lipinski definition) is 2. The molecular formula is C15H21ClN4O. The van der Waals surface area contributed by atoms with Crippen molar-refractivity contribution in [3.8, 4) is 5.69 Å². The van der Waals surface area contributed by atoms with Gasteiger partial charge in [0.25, 0.3) is 0 Å². The zero-order valence-corrected chi connectivity index (χ0v) is 13.5. The SMILES string of the molecule is CNCC(=O)Nc1cc(C)n(-c2cc(C)cc(C)c2)n1.Cl. The van der Waals surface area contributed by atoms with E-state index in [1.807, 2.05) is 17.7 Å². The molecule has 2 rings (SSSR count). The van der Waals surface area contributed by atoms with E-state index in [-0.39, 0.29) is 24.9 Å². The fourth-order valence-corrected chi connectivity index (χ4v) is 2.22. The molecule has 6 heteroatoms. The number of benzene rings is 1. The standard InChI is InChI=1S/C15H20N4O.ClH/c1-10-5-11(2)7-13(6-10)19-12(3)8-14(18-19)17-15(20)9-16-4;/h5-8,16H,9H2,1-4H3,(H,17,18,20);1H. The molecule has 2 N–H and O–H groups in total. The second-order valence-electron chi connectivity index (χ2n) is 5.01. The summed E-state index contributed by atoms with van der Waals surface area (Å²) >= 11 is 0. The van der Waals surface area contributed by atoms with Crippen molar-refractivity contribution in [2.75, 3.05) is 18.9 Å². The number of carbonyl (C=O) groups is 1. The summed E-state index contributed by atoms with van der Waals surface area (Å²) < 4.78 is 1.84. The maximum absolute atomic E-state index is 11.6. The van der Waals surface area contributed by atoms with E-state index in [1.54, 1.807) is 7.05 Å². The molecule has 21 heavy (non-hydrogen) atoms. The van der Waals surface area contributed by atoms with Crippen molar-refractivity contribution < 1.29 is 4.79 Å². The highest BCUT2D eigenvalue weighted by molar-refractivity contribution is 5.91. The average molecular weight is 309 g/mol. The molecular weight excluding hydrogens is 288 g/mol. The molecule has 0 saturated carbocycles. The second-order valence-corrected chi connectivity index (χ2v) is 5.01. The summed E-state index contributed by atoms with van der Waals surface area (Å²) in [7, 11) is 1.74. The summed E-state index contributed by atoms with van der Waals surface area (Å²) in [5, 5.41) is 10.0. The predicted octanol–water partition coefficient (Wildman–Crippen LogP) is 2.38. The van der Waals surface area contributed by atoms with Crippen LogP contribution < -0.4 is 10.6 Å². The smallest absolute Gasteiger partial charge is 0.239 e. The first-order chi connectivity index (χ1) is 9.49. The number of rotatable bonds is 4. The highest BCUT2D eigenvalue weighted by Crippen LogP contribution is 2.17. The van der Waals surface area contributed by atoms with Gasteiger partial charge in [0.15, 0.2) is 5.82 Å². The third kappa shape index (κ3) is 4.31. The number of amides is 1. The van der Waals surface area contributed by atoms with Gasteiger partial charge in [-0.3, -0.25) is 4.79 Å². The van der Waals surface area contributed by atoms with Crippen LogP contribution in [-0.2, 0) is 4.79 Å². The Morgan fingerprint density at radius 1 is 1.14 bits per heavy atom. The number of aromatic nitrogens is 2. The molecule has 0 aliphatic heterocycles. The van der Waals surface area contributed by atoms with Gasteiger partial charge in [-0.15, -0.1) is 17.5 Å². The number of likely N-dealkylation sites (N-methyl/N-ethyl adjacent to an activating group) is 1. The second kappa shape index (κ2) is 7.24. The molecule has 5 nitrogen and oxygen atoms in total. The van der Waals surface area contributed by atoms with Crippen molar-refractivity contribution in [1.29, 1.82) is 0 Å². The van der Waals surface area contributed by atoms with Crippen LogP contribution in [0.15, 0.2) is 24.3 Å². The van der Waals surface area contributed by atoms with Crippen LogP contribution in [0.5, 0.6) is 0 Å². The Morgan fingerprint density at radius 2 is 1.76 bits per heavy atom. The molecule has 0 radical (unpaired) electrons. The molecule has 1 amide bonds. The topological polar surface area (TPSA) is 59.0 Å². The van der Waals surface area contributed by atoms with Gasteiger partial charge in [-0.25, -0.2) is 4.68 Å². The fraction of sp³-hybridized carbons (Fsp3) is 0.333. The number of nitrogens with zero attached hydrogens (tertiary/aromatic N) is 2. The Labute approximate surface area is 131 Å². The lowest BCUT2D eigenvalue weighted by atomic mass is 10.1. The molecule has 0 spiro atoms. The minimum atomic E-state index is -0.0995. The monoisotopic (exact) mass is 308 g/mol. The molecule has 0 aliphatic carbocycles. The van der Waals surface area contributed by atoms with Crippen LogP contribution in [0.4, 0.5) is 5.82 Å². The minimum absolute atomic E-state index is 0. The van der Waals surface area contributed by atoms with E-state index in [2.05, 4.69) is 47.8 Å². The maximum atomic E-state index is 11.6. The molecule has 1 aromatic carbocycles. The van der Waals surface area contributed by atoms with Crippen LogP contribution in [-0.4, -0.2) is 29.3 Å². The molecule has 0 bridgehead atoms. The van der Waals surface area contributed by atoms with Crippen LogP contribution in [0, 0.1) is 20.8 Å². The van der Waals surface area contributed by atoms with E-state index in [4.69, 9.17) is 0 Å². The van der Waals surface area contributed by atoms with Gasteiger partial charge in [-0.2, -0.15) is 0 Å². The lowest BCUT2D eigenvalue weighted by molar-refractivity contribution is -0.115. The maximum Gasteiger partial charge on any atom is 0.239 e. The van der Waals surface area contributed by atoms with E-state index in [9.17, 15) is 4.79 Å². The number of anilines is 1. The van der Waals surface area contributed by atoms with Crippen LogP contribution in [0.2, 0.25) is 0 Å². The van der Waals surface area contributed by atoms with E-state index in [1.165, 1.54) is 11.1 Å². The van der Waals surface area contributed by atoms with E-state index < -0.39 is 0 Å². The summed E-state index contributed by atoms with van der Waals surface area (Å²) in [5.41, 5.74) is 4.37. The Morgan fingerprint density at radius 3 is 2.33 bits per heavy atom. The summed E-state index contributed by atoms with van der Waals surface area (Å²) in [4.78, 5) is 11.6. The highest BCUT2D eigenvalue weighted by atomic mass is 35.5. The number of halogens is 1. The largest absolute Gasteiger partial charge is 0.311 e. The molecule has 0 unspecified atom stereocenters. The minimum Gasteiger partial charge on any atom is -0.311 e. The lowest BCUT2D eigenvalue weighted by Crippen LogP contribution is -2.25. The third-order valence-corrected chi connectivity index (χ3v) is 2.94. The van der Waals surface area contributed by atoms with Crippen LogP contribution in [0.3, 0.4) is 0 Å². The van der Waals surface area contributed by atoms with Crippen LogP contribution in [0.1, 0.15) is 16.8 Å². The van der Waals surface area contributed by atoms with E-state index >= 15 is 0 Å². The summed E-state index contributed by atoms with van der Waals surface area (Å²) in [6.07, 6.45) is 0. The Hall–Kier alpha value is -1.85. The van der Waals surface area contributed by atoms with Crippen LogP contribution >= 0.6 is 12.4 Å². The summed E-state index contributed by atoms with van der Waals surface area (Å²) in [5.74, 6) is 0.472. The Kier molecular flexibility index (Phi) is 5.93. The van der Waals surface area contributed by atoms with Gasteiger partial charge in [-0.05, 0) is 51.1 Å². The van der Waals surface area contributed by atoms with Crippen molar-refractivity contribution in [2.24, 2.45) is 0 Å². The van der Waals surface area contributed by atoms with Crippen molar-refractivity contribution in [2.45, 2.75) is 20.8 Å². The fourth-order valence-electron chi connectivity index (χ4n) is 2.22. The third-order valence-electron chi connectivity index (χ3n) is 2.94. The van der Waals surface area contributed by atoms with Crippen molar-refractivity contribution >= 4 is 24.1 Å². The van der Waals surface area contributed by atoms with Crippen LogP contribution in [0.25, 0.3) is 5.69 Å². The zero-order valence-electron chi connectivity index (χ0n) is 12.7. The van der Waals surface area contributed by atoms with Gasteiger partial charge in [-0.1, -0.05) is 6.07 Å². The first-order valence-electron chi connectivity index (χ1n) is 6.59. The number of hydrogen-bond acceptors (Lipinski definition) is 3. The van der Waals surface area contributed by atoms with Gasteiger partial charge in [0, 0.05) is 11.8 Å². The van der Waals surface area contributed by atoms with E-state index in [0.29, 0.717) is 5.82 Å². The normalized spacial score (nSPS) is 10.1.